The first kappa shape index (κ1) is 9.68. The van der Waals surface area contributed by atoms with Crippen molar-refractivity contribution in [3.8, 4) is 0 Å². The van der Waals surface area contributed by atoms with E-state index in [9.17, 15) is 0 Å². The molecule has 2 heterocycles. The number of aryl methyl sites for hydroxylation is 1. The van der Waals surface area contributed by atoms with Crippen molar-refractivity contribution >= 4 is 0 Å². The lowest BCUT2D eigenvalue weighted by Gasteiger charge is -2.10. The number of rotatable bonds is 3. The van der Waals surface area contributed by atoms with Crippen LogP contribution in [0.1, 0.15) is 17.9 Å². The fourth-order valence-electron chi connectivity index (χ4n) is 1.85. The van der Waals surface area contributed by atoms with E-state index in [0.717, 1.165) is 24.5 Å². The van der Waals surface area contributed by atoms with Gasteiger partial charge in [0.1, 0.15) is 0 Å². The average molecular weight is 195 g/mol. The fraction of sp³-hybridized carbons (Fsp3) is 0.700. The minimum Gasteiger partial charge on any atom is -0.360 e. The Kier molecular flexibility index (Phi) is 2.84. The molecule has 1 aromatic heterocycles. The van der Waals surface area contributed by atoms with Crippen LogP contribution < -0.4 is 5.32 Å². The molecular formula is C10H17N3O. The number of likely N-dealkylation sites (N-methyl/N-ethyl adjacent to an activating group) is 1. The Bertz CT molecular complexity index is 297. The number of likely N-dealkylation sites (tertiary alicyclic amines) is 1. The van der Waals surface area contributed by atoms with E-state index in [1.165, 1.54) is 13.0 Å². The van der Waals surface area contributed by atoms with Crippen molar-refractivity contribution in [2.24, 2.45) is 0 Å². The summed E-state index contributed by atoms with van der Waals surface area (Å²) in [5.41, 5.74) is 0.949. The summed E-state index contributed by atoms with van der Waals surface area (Å²) in [5, 5.41) is 7.32. The molecule has 0 aliphatic carbocycles. The zero-order valence-electron chi connectivity index (χ0n) is 8.79. The average Bonchev–Trinajstić information content (AvgIpc) is 2.72. The predicted octanol–water partition coefficient (Wildman–Crippen LogP) is 0.777. The molecule has 0 radical (unpaired) electrons. The Morgan fingerprint density at radius 3 is 3.14 bits per heavy atom. The maximum atomic E-state index is 5.12. The molecule has 4 nitrogen and oxygen atoms in total. The van der Waals surface area contributed by atoms with E-state index in [4.69, 9.17) is 4.52 Å². The predicted molar refractivity (Wildman–Crippen MR) is 54.0 cm³/mol. The molecule has 1 aliphatic heterocycles. The Balaban J connectivity index is 1.77. The van der Waals surface area contributed by atoms with Gasteiger partial charge in [-0.25, -0.2) is 0 Å². The third-order valence-corrected chi connectivity index (χ3v) is 2.63. The summed E-state index contributed by atoms with van der Waals surface area (Å²) >= 11 is 0. The molecule has 0 bridgehead atoms. The normalized spacial score (nSPS) is 23.1. The molecule has 1 atom stereocenters. The standard InChI is InChI=1S/C10H17N3O/c1-8-5-10(14-12-8)6-11-9-3-4-13(2)7-9/h5,9,11H,3-4,6-7H2,1-2H3. The molecule has 0 saturated carbocycles. The highest BCUT2D eigenvalue weighted by Gasteiger charge is 2.18. The van der Waals surface area contributed by atoms with Gasteiger partial charge in [0.05, 0.1) is 12.2 Å². The van der Waals surface area contributed by atoms with Crippen LogP contribution in [0.5, 0.6) is 0 Å². The Morgan fingerprint density at radius 2 is 2.57 bits per heavy atom. The van der Waals surface area contributed by atoms with Crippen molar-refractivity contribution in [2.45, 2.75) is 25.9 Å². The first-order valence-corrected chi connectivity index (χ1v) is 5.08. The van der Waals surface area contributed by atoms with E-state index in [1.807, 2.05) is 13.0 Å². The number of hydrogen-bond donors (Lipinski definition) is 1. The van der Waals surface area contributed by atoms with E-state index in [1.54, 1.807) is 0 Å². The van der Waals surface area contributed by atoms with Crippen LogP contribution in [0.4, 0.5) is 0 Å². The van der Waals surface area contributed by atoms with Gasteiger partial charge in [0.25, 0.3) is 0 Å². The molecule has 78 valence electrons. The first-order valence-electron chi connectivity index (χ1n) is 5.08. The summed E-state index contributed by atoms with van der Waals surface area (Å²) in [7, 11) is 2.15. The fourth-order valence-corrected chi connectivity index (χ4v) is 1.85. The summed E-state index contributed by atoms with van der Waals surface area (Å²) in [6, 6.07) is 2.58. The quantitative estimate of drug-likeness (QED) is 0.773. The van der Waals surface area contributed by atoms with Crippen LogP contribution in [0.25, 0.3) is 0 Å². The first-order chi connectivity index (χ1) is 6.74. The number of nitrogens with one attached hydrogen (secondary N) is 1. The lowest BCUT2D eigenvalue weighted by molar-refractivity contribution is 0.354. The van der Waals surface area contributed by atoms with Gasteiger partial charge in [0, 0.05) is 18.7 Å². The third kappa shape index (κ3) is 2.33. The minimum absolute atomic E-state index is 0.602. The Morgan fingerprint density at radius 1 is 1.71 bits per heavy atom. The van der Waals surface area contributed by atoms with Crippen LogP contribution in [0.2, 0.25) is 0 Å². The van der Waals surface area contributed by atoms with Crippen LogP contribution in [0, 0.1) is 6.92 Å². The topological polar surface area (TPSA) is 41.3 Å². The third-order valence-electron chi connectivity index (χ3n) is 2.63. The molecule has 1 saturated heterocycles. The summed E-state index contributed by atoms with van der Waals surface area (Å²) in [6.07, 6.45) is 1.23. The molecule has 14 heavy (non-hydrogen) atoms. The van der Waals surface area contributed by atoms with Gasteiger partial charge in [0.15, 0.2) is 5.76 Å². The van der Waals surface area contributed by atoms with Crippen molar-refractivity contribution in [3.63, 3.8) is 0 Å². The van der Waals surface area contributed by atoms with Gasteiger partial charge >= 0.3 is 0 Å². The van der Waals surface area contributed by atoms with Crippen LogP contribution in [-0.4, -0.2) is 36.2 Å². The highest BCUT2D eigenvalue weighted by molar-refractivity contribution is 5.02. The zero-order valence-corrected chi connectivity index (χ0v) is 8.79. The molecule has 1 aliphatic rings. The van der Waals surface area contributed by atoms with Gasteiger partial charge < -0.3 is 14.7 Å². The molecule has 1 aromatic rings. The van der Waals surface area contributed by atoms with Gasteiger partial charge in [-0.2, -0.15) is 0 Å². The second-order valence-corrected chi connectivity index (χ2v) is 4.06. The SMILES string of the molecule is Cc1cc(CNC2CCN(C)C2)on1. The Hall–Kier alpha value is -0.870. The lowest BCUT2D eigenvalue weighted by Crippen LogP contribution is -2.30. The molecule has 0 amide bonds. The van der Waals surface area contributed by atoms with Crippen LogP contribution in [-0.2, 0) is 6.54 Å². The monoisotopic (exact) mass is 195 g/mol. The molecule has 2 rings (SSSR count). The van der Waals surface area contributed by atoms with Gasteiger partial charge in [-0.3, -0.25) is 0 Å². The van der Waals surface area contributed by atoms with Gasteiger partial charge in [-0.05, 0) is 26.9 Å². The van der Waals surface area contributed by atoms with Crippen molar-refractivity contribution in [2.75, 3.05) is 20.1 Å². The zero-order chi connectivity index (χ0) is 9.97. The highest BCUT2D eigenvalue weighted by Crippen LogP contribution is 2.08. The number of aromatic nitrogens is 1. The van der Waals surface area contributed by atoms with E-state index < -0.39 is 0 Å². The largest absolute Gasteiger partial charge is 0.360 e. The maximum Gasteiger partial charge on any atom is 0.150 e. The van der Waals surface area contributed by atoms with Gasteiger partial charge in [0.2, 0.25) is 0 Å². The summed E-state index contributed by atoms with van der Waals surface area (Å²) < 4.78 is 5.12. The van der Waals surface area contributed by atoms with Gasteiger partial charge in [-0.15, -0.1) is 0 Å². The molecule has 1 fully saturated rings. The lowest BCUT2D eigenvalue weighted by atomic mass is 10.2. The maximum absolute atomic E-state index is 5.12. The number of hydrogen-bond acceptors (Lipinski definition) is 4. The summed E-state index contributed by atoms with van der Waals surface area (Å²) in [6.45, 7) is 5.05. The molecule has 4 heteroatoms. The van der Waals surface area contributed by atoms with Crippen molar-refractivity contribution in [3.05, 3.63) is 17.5 Å². The van der Waals surface area contributed by atoms with Crippen molar-refractivity contribution < 1.29 is 4.52 Å². The van der Waals surface area contributed by atoms with E-state index >= 15 is 0 Å². The van der Waals surface area contributed by atoms with Crippen LogP contribution >= 0.6 is 0 Å². The minimum atomic E-state index is 0.602. The summed E-state index contributed by atoms with van der Waals surface area (Å²) in [4.78, 5) is 2.34. The second-order valence-electron chi connectivity index (χ2n) is 4.06. The van der Waals surface area contributed by atoms with Gasteiger partial charge in [-0.1, -0.05) is 5.16 Å². The van der Waals surface area contributed by atoms with E-state index in [-0.39, 0.29) is 0 Å². The van der Waals surface area contributed by atoms with Crippen molar-refractivity contribution in [1.82, 2.24) is 15.4 Å². The molecular weight excluding hydrogens is 178 g/mol. The molecule has 1 unspecified atom stereocenters. The Labute approximate surface area is 84.3 Å². The summed E-state index contributed by atoms with van der Waals surface area (Å²) in [5.74, 6) is 0.928. The molecule has 1 N–H and O–H groups in total. The second kappa shape index (κ2) is 4.11. The molecule has 0 spiro atoms. The molecule has 0 aromatic carbocycles. The van der Waals surface area contributed by atoms with E-state index in [0.29, 0.717) is 6.04 Å². The van der Waals surface area contributed by atoms with Crippen LogP contribution in [0.15, 0.2) is 10.6 Å². The highest BCUT2D eigenvalue weighted by atomic mass is 16.5. The van der Waals surface area contributed by atoms with Crippen LogP contribution in [0.3, 0.4) is 0 Å². The number of nitrogens with zero attached hydrogens (tertiary/aromatic N) is 2. The van der Waals surface area contributed by atoms with Crippen molar-refractivity contribution in [1.29, 1.82) is 0 Å². The van der Waals surface area contributed by atoms with E-state index in [2.05, 4.69) is 22.4 Å². The smallest absolute Gasteiger partial charge is 0.150 e.